The van der Waals surface area contributed by atoms with Crippen molar-refractivity contribution in [1.82, 2.24) is 15.1 Å². The Hall–Kier alpha value is -1.56. The minimum atomic E-state index is -0.538. The van der Waals surface area contributed by atoms with Crippen molar-refractivity contribution in [2.24, 2.45) is 5.92 Å². The third kappa shape index (κ3) is 3.96. The smallest absolute Gasteiger partial charge is 0.271 e. The molecule has 6 heteroatoms. The van der Waals surface area contributed by atoms with Gasteiger partial charge in [-0.2, -0.15) is 5.10 Å². The fourth-order valence-electron chi connectivity index (χ4n) is 1.99. The molecule has 0 radical (unpaired) electrons. The maximum Gasteiger partial charge on any atom is 0.271 e. The highest BCUT2D eigenvalue weighted by atomic mass is 16.3. The molecule has 0 saturated carbocycles. The zero-order chi connectivity index (χ0) is 14.6. The second-order valence-corrected chi connectivity index (χ2v) is 5.16. The monoisotopic (exact) mass is 268 g/mol. The molecule has 0 saturated heterocycles. The molecular weight excluding hydrogens is 244 g/mol. The van der Waals surface area contributed by atoms with Crippen LogP contribution < -0.4 is 11.1 Å². The van der Waals surface area contributed by atoms with E-state index in [-0.39, 0.29) is 12.5 Å². The van der Waals surface area contributed by atoms with Gasteiger partial charge in [0, 0.05) is 13.1 Å². The van der Waals surface area contributed by atoms with Crippen molar-refractivity contribution in [2.45, 2.75) is 46.8 Å². The summed E-state index contributed by atoms with van der Waals surface area (Å²) in [6, 6.07) is 0. The van der Waals surface area contributed by atoms with Crippen LogP contribution in [0.2, 0.25) is 0 Å². The highest BCUT2D eigenvalue weighted by Crippen LogP contribution is 2.16. The quantitative estimate of drug-likeness (QED) is 0.715. The van der Waals surface area contributed by atoms with E-state index >= 15 is 0 Å². The number of carbonyl (C=O) groups excluding carboxylic acids is 1. The molecule has 108 valence electrons. The number of nitrogen functional groups attached to an aromatic ring is 1. The number of nitrogens with zero attached hydrogens (tertiary/aromatic N) is 2. The molecule has 4 N–H and O–H groups in total. The fourth-order valence-corrected chi connectivity index (χ4v) is 1.99. The fraction of sp³-hybridized carbons (Fsp3) is 0.692. The molecule has 1 amide bonds. The topological polar surface area (TPSA) is 93.2 Å². The van der Waals surface area contributed by atoms with Gasteiger partial charge in [-0.25, -0.2) is 0 Å². The van der Waals surface area contributed by atoms with E-state index in [4.69, 9.17) is 5.73 Å². The molecule has 1 rings (SSSR count). The van der Waals surface area contributed by atoms with Crippen LogP contribution in [0.3, 0.4) is 0 Å². The van der Waals surface area contributed by atoms with Gasteiger partial charge in [0.05, 0.1) is 17.5 Å². The number of amides is 1. The lowest BCUT2D eigenvalue weighted by molar-refractivity contribution is 0.0891. The summed E-state index contributed by atoms with van der Waals surface area (Å²) in [7, 11) is 0. The number of aromatic nitrogens is 2. The first-order valence-electron chi connectivity index (χ1n) is 6.65. The van der Waals surface area contributed by atoms with Gasteiger partial charge in [-0.15, -0.1) is 0 Å². The van der Waals surface area contributed by atoms with Gasteiger partial charge in [0.1, 0.15) is 5.69 Å². The number of aryl methyl sites for hydroxylation is 2. The van der Waals surface area contributed by atoms with E-state index in [0.717, 1.165) is 0 Å². The lowest BCUT2D eigenvalue weighted by Gasteiger charge is -2.14. The van der Waals surface area contributed by atoms with E-state index in [1.54, 1.807) is 11.6 Å². The molecule has 1 aromatic rings. The molecule has 0 bridgehead atoms. The average molecular weight is 268 g/mol. The molecule has 0 aromatic carbocycles. The summed E-state index contributed by atoms with van der Waals surface area (Å²) < 4.78 is 1.58. The number of nitrogens with two attached hydrogens (primary N) is 1. The zero-order valence-electron chi connectivity index (χ0n) is 12.1. The van der Waals surface area contributed by atoms with Crippen LogP contribution in [-0.2, 0) is 6.54 Å². The summed E-state index contributed by atoms with van der Waals surface area (Å²) in [6.07, 6.45) is 0.117. The van der Waals surface area contributed by atoms with E-state index in [1.807, 2.05) is 20.8 Å². The summed E-state index contributed by atoms with van der Waals surface area (Å²) in [5.41, 5.74) is 7.28. The van der Waals surface area contributed by atoms with Gasteiger partial charge in [0.25, 0.3) is 5.91 Å². The van der Waals surface area contributed by atoms with Crippen molar-refractivity contribution in [3.05, 3.63) is 11.4 Å². The van der Waals surface area contributed by atoms with E-state index in [0.29, 0.717) is 36.0 Å². The van der Waals surface area contributed by atoms with Crippen LogP contribution in [0.5, 0.6) is 0 Å². The largest absolute Gasteiger partial charge is 0.395 e. The van der Waals surface area contributed by atoms with Crippen LogP contribution in [0.15, 0.2) is 0 Å². The number of aliphatic hydroxyl groups is 1. The van der Waals surface area contributed by atoms with Gasteiger partial charge in [-0.1, -0.05) is 13.8 Å². The number of carbonyl (C=O) groups is 1. The van der Waals surface area contributed by atoms with Gasteiger partial charge in [0.15, 0.2) is 0 Å². The summed E-state index contributed by atoms with van der Waals surface area (Å²) in [5.74, 6) is 0.100. The van der Waals surface area contributed by atoms with Crippen LogP contribution in [0.25, 0.3) is 0 Å². The maximum absolute atomic E-state index is 12.1. The predicted molar refractivity (Wildman–Crippen MR) is 74.8 cm³/mol. The van der Waals surface area contributed by atoms with Gasteiger partial charge in [0.2, 0.25) is 0 Å². The first-order chi connectivity index (χ1) is 8.86. The maximum atomic E-state index is 12.1. The number of nitrogens with one attached hydrogen (secondary N) is 1. The highest BCUT2D eigenvalue weighted by molar-refractivity contribution is 5.97. The lowest BCUT2D eigenvalue weighted by Crippen LogP contribution is -2.34. The minimum absolute atomic E-state index is 0.227. The SMILES string of the molecule is CCn1nc(C)c(N)c1C(=O)NCC(O)CC(C)C. The lowest BCUT2D eigenvalue weighted by atomic mass is 10.1. The number of rotatable bonds is 6. The molecule has 6 nitrogen and oxygen atoms in total. The molecule has 1 unspecified atom stereocenters. The third-order valence-corrected chi connectivity index (χ3v) is 2.93. The van der Waals surface area contributed by atoms with Gasteiger partial charge < -0.3 is 16.2 Å². The van der Waals surface area contributed by atoms with Crippen LogP contribution in [-0.4, -0.2) is 33.4 Å². The van der Waals surface area contributed by atoms with Gasteiger partial charge >= 0.3 is 0 Å². The normalized spacial score (nSPS) is 12.7. The first-order valence-corrected chi connectivity index (χ1v) is 6.65. The standard InChI is InChI=1S/C13H24N4O2/c1-5-17-12(11(14)9(4)16-17)13(19)15-7-10(18)6-8(2)3/h8,10,18H,5-7,14H2,1-4H3,(H,15,19). The number of anilines is 1. The second kappa shape index (κ2) is 6.56. The zero-order valence-corrected chi connectivity index (χ0v) is 12.1. The van der Waals surface area contributed by atoms with E-state index in [2.05, 4.69) is 10.4 Å². The van der Waals surface area contributed by atoms with Gasteiger partial charge in [-0.05, 0) is 26.2 Å². The molecule has 19 heavy (non-hydrogen) atoms. The van der Waals surface area contributed by atoms with Crippen molar-refractivity contribution < 1.29 is 9.90 Å². The summed E-state index contributed by atoms with van der Waals surface area (Å²) in [4.78, 5) is 12.1. The summed E-state index contributed by atoms with van der Waals surface area (Å²) >= 11 is 0. The van der Waals surface area contributed by atoms with Crippen molar-refractivity contribution >= 4 is 11.6 Å². The van der Waals surface area contributed by atoms with Crippen LogP contribution in [0.4, 0.5) is 5.69 Å². The van der Waals surface area contributed by atoms with Crippen molar-refractivity contribution in [2.75, 3.05) is 12.3 Å². The van der Waals surface area contributed by atoms with Gasteiger partial charge in [-0.3, -0.25) is 9.48 Å². The van der Waals surface area contributed by atoms with Crippen molar-refractivity contribution in [3.8, 4) is 0 Å². The van der Waals surface area contributed by atoms with E-state index < -0.39 is 6.10 Å². The number of aliphatic hydroxyl groups excluding tert-OH is 1. The van der Waals surface area contributed by atoms with Crippen LogP contribution >= 0.6 is 0 Å². The van der Waals surface area contributed by atoms with Crippen molar-refractivity contribution in [3.63, 3.8) is 0 Å². The summed E-state index contributed by atoms with van der Waals surface area (Å²) in [6.45, 7) is 8.53. The highest BCUT2D eigenvalue weighted by Gasteiger charge is 2.19. The van der Waals surface area contributed by atoms with Crippen LogP contribution in [0.1, 0.15) is 43.4 Å². The molecule has 1 atom stereocenters. The Morgan fingerprint density at radius 1 is 1.53 bits per heavy atom. The van der Waals surface area contributed by atoms with E-state index in [9.17, 15) is 9.90 Å². The molecule has 0 aliphatic carbocycles. The Morgan fingerprint density at radius 3 is 2.68 bits per heavy atom. The first kappa shape index (κ1) is 15.5. The Balaban J connectivity index is 2.68. The average Bonchev–Trinajstić information content (AvgIpc) is 2.61. The van der Waals surface area contributed by atoms with E-state index in [1.165, 1.54) is 0 Å². The number of hydrogen-bond donors (Lipinski definition) is 3. The molecule has 1 aromatic heterocycles. The Bertz CT molecular complexity index is 440. The van der Waals surface area contributed by atoms with Crippen LogP contribution in [0, 0.1) is 12.8 Å². The van der Waals surface area contributed by atoms with Crippen molar-refractivity contribution in [1.29, 1.82) is 0 Å². The number of hydrogen-bond acceptors (Lipinski definition) is 4. The second-order valence-electron chi connectivity index (χ2n) is 5.16. The third-order valence-electron chi connectivity index (χ3n) is 2.93. The molecule has 0 fully saturated rings. The minimum Gasteiger partial charge on any atom is -0.395 e. The molecular formula is C13H24N4O2. The molecule has 1 heterocycles. The predicted octanol–water partition coefficient (Wildman–Crippen LogP) is 0.930. The molecule has 0 spiro atoms. The summed E-state index contributed by atoms with van der Waals surface area (Å²) in [5, 5.41) is 16.6. The molecule has 0 aliphatic heterocycles. The Morgan fingerprint density at radius 2 is 2.16 bits per heavy atom. The Kier molecular flexibility index (Phi) is 5.35. The Labute approximate surface area is 114 Å². The molecule has 0 aliphatic rings.